The van der Waals surface area contributed by atoms with Gasteiger partial charge < -0.3 is 16.3 Å². The highest BCUT2D eigenvalue weighted by atomic mass is 16.6. The quantitative estimate of drug-likeness (QED) is 0.164. The van der Waals surface area contributed by atoms with Gasteiger partial charge in [0.2, 0.25) is 0 Å². The first-order valence-electron chi connectivity index (χ1n) is 6.04. The Morgan fingerprint density at radius 3 is 2.63 bits per heavy atom. The second kappa shape index (κ2) is 8.04. The van der Waals surface area contributed by atoms with Gasteiger partial charge in [0.15, 0.2) is 0 Å². The van der Waals surface area contributed by atoms with Crippen LogP contribution < -0.4 is 11.1 Å². The van der Waals surface area contributed by atoms with Crippen LogP contribution in [-0.4, -0.2) is 29.1 Å². The molecule has 0 amide bonds. The molecule has 1 aromatic rings. The summed E-state index contributed by atoms with van der Waals surface area (Å²) in [5.41, 5.74) is 6.49. The molecule has 7 nitrogen and oxygen atoms in total. The van der Waals surface area contributed by atoms with Crippen LogP contribution in [0.15, 0.2) is 29.4 Å². The molecule has 0 bridgehead atoms. The van der Waals surface area contributed by atoms with Crippen molar-refractivity contribution >= 4 is 11.5 Å². The Morgan fingerprint density at radius 1 is 1.37 bits per heavy atom. The number of benzene rings is 1. The van der Waals surface area contributed by atoms with Gasteiger partial charge >= 0.3 is 0 Å². The van der Waals surface area contributed by atoms with Crippen molar-refractivity contribution in [2.75, 3.05) is 13.1 Å². The third-order valence-electron chi connectivity index (χ3n) is 2.65. The molecule has 0 radical (unpaired) electrons. The van der Waals surface area contributed by atoms with E-state index in [4.69, 9.17) is 10.9 Å². The van der Waals surface area contributed by atoms with Gasteiger partial charge in [-0.1, -0.05) is 17.3 Å². The van der Waals surface area contributed by atoms with Gasteiger partial charge in [-0.15, -0.1) is 0 Å². The molecule has 0 saturated carbocycles. The monoisotopic (exact) mass is 266 g/mol. The Balaban J connectivity index is 2.17. The molecule has 1 aromatic carbocycles. The van der Waals surface area contributed by atoms with Crippen molar-refractivity contribution in [1.82, 2.24) is 5.32 Å². The van der Waals surface area contributed by atoms with Crippen LogP contribution in [0.5, 0.6) is 0 Å². The largest absolute Gasteiger partial charge is 0.409 e. The SMILES string of the molecule is NC(CCCNCCc1ccc([N+](=O)[O-])cc1)=NO. The van der Waals surface area contributed by atoms with E-state index in [-0.39, 0.29) is 11.5 Å². The van der Waals surface area contributed by atoms with Crippen LogP contribution in [0.3, 0.4) is 0 Å². The Labute approximate surface area is 111 Å². The first kappa shape index (κ1) is 14.9. The number of non-ortho nitro benzene ring substituents is 1. The number of nitro benzene ring substituents is 1. The molecule has 0 heterocycles. The third kappa shape index (κ3) is 5.82. The molecule has 7 heteroatoms. The molecule has 0 atom stereocenters. The maximum absolute atomic E-state index is 10.5. The highest BCUT2D eigenvalue weighted by molar-refractivity contribution is 5.79. The molecular formula is C12H18N4O3. The lowest BCUT2D eigenvalue weighted by Crippen LogP contribution is -2.20. The third-order valence-corrected chi connectivity index (χ3v) is 2.65. The normalized spacial score (nSPS) is 11.5. The summed E-state index contributed by atoms with van der Waals surface area (Å²) >= 11 is 0. The lowest BCUT2D eigenvalue weighted by Gasteiger charge is -2.04. The van der Waals surface area contributed by atoms with Gasteiger partial charge in [-0.25, -0.2) is 0 Å². The van der Waals surface area contributed by atoms with Crippen LogP contribution in [0, 0.1) is 10.1 Å². The van der Waals surface area contributed by atoms with Crippen LogP contribution in [0.1, 0.15) is 18.4 Å². The molecule has 0 aliphatic heterocycles. The number of oxime groups is 1. The maximum Gasteiger partial charge on any atom is 0.269 e. The summed E-state index contributed by atoms with van der Waals surface area (Å²) < 4.78 is 0. The van der Waals surface area contributed by atoms with Gasteiger partial charge in [-0.3, -0.25) is 10.1 Å². The Morgan fingerprint density at radius 2 is 2.05 bits per heavy atom. The molecule has 1 rings (SSSR count). The summed E-state index contributed by atoms with van der Waals surface area (Å²) in [6.07, 6.45) is 2.17. The van der Waals surface area contributed by atoms with E-state index in [1.807, 2.05) is 0 Å². The van der Waals surface area contributed by atoms with Gasteiger partial charge in [-0.05, 0) is 31.5 Å². The number of nitrogens with one attached hydrogen (secondary N) is 1. The Bertz CT molecular complexity index is 431. The molecule has 104 valence electrons. The van der Waals surface area contributed by atoms with Crippen molar-refractivity contribution in [2.24, 2.45) is 10.9 Å². The summed E-state index contributed by atoms with van der Waals surface area (Å²) in [6.45, 7) is 1.57. The number of nitrogens with zero attached hydrogens (tertiary/aromatic N) is 2. The lowest BCUT2D eigenvalue weighted by molar-refractivity contribution is -0.384. The zero-order valence-electron chi connectivity index (χ0n) is 10.6. The van der Waals surface area contributed by atoms with Crippen molar-refractivity contribution in [3.05, 3.63) is 39.9 Å². The molecule has 0 spiro atoms. The minimum Gasteiger partial charge on any atom is -0.409 e. The molecule has 0 saturated heterocycles. The summed E-state index contributed by atoms with van der Waals surface area (Å²) in [5, 5.41) is 24.9. The number of nitro groups is 1. The standard InChI is InChI=1S/C12H18N4O3/c13-12(15-17)2-1-8-14-9-7-10-3-5-11(6-4-10)16(18)19/h3-6,14,17H,1-2,7-9H2,(H2,13,15). The van der Waals surface area contributed by atoms with Crippen molar-refractivity contribution in [3.8, 4) is 0 Å². The zero-order chi connectivity index (χ0) is 14.1. The maximum atomic E-state index is 10.5. The minimum absolute atomic E-state index is 0.107. The van der Waals surface area contributed by atoms with Crippen LogP contribution in [0.4, 0.5) is 5.69 Å². The minimum atomic E-state index is -0.408. The summed E-state index contributed by atoms with van der Waals surface area (Å²) in [7, 11) is 0. The second-order valence-corrected chi connectivity index (χ2v) is 4.12. The molecule has 0 unspecified atom stereocenters. The molecule has 0 fully saturated rings. The van der Waals surface area contributed by atoms with E-state index in [2.05, 4.69) is 10.5 Å². The molecule has 0 aliphatic rings. The molecule has 19 heavy (non-hydrogen) atoms. The highest BCUT2D eigenvalue weighted by Gasteiger charge is 2.03. The fraction of sp³-hybridized carbons (Fsp3) is 0.417. The first-order valence-corrected chi connectivity index (χ1v) is 6.04. The zero-order valence-corrected chi connectivity index (χ0v) is 10.6. The van der Waals surface area contributed by atoms with Crippen LogP contribution >= 0.6 is 0 Å². The van der Waals surface area contributed by atoms with Gasteiger partial charge in [0.25, 0.3) is 5.69 Å². The lowest BCUT2D eigenvalue weighted by atomic mass is 10.1. The van der Waals surface area contributed by atoms with Crippen molar-refractivity contribution in [3.63, 3.8) is 0 Å². The van der Waals surface area contributed by atoms with E-state index in [1.54, 1.807) is 12.1 Å². The predicted octanol–water partition coefficient (Wildman–Crippen LogP) is 1.25. The predicted molar refractivity (Wildman–Crippen MR) is 72.3 cm³/mol. The summed E-state index contributed by atoms with van der Waals surface area (Å²) in [4.78, 5) is 10.1. The van der Waals surface area contributed by atoms with E-state index in [1.165, 1.54) is 12.1 Å². The fourth-order valence-corrected chi connectivity index (χ4v) is 1.59. The smallest absolute Gasteiger partial charge is 0.269 e. The van der Waals surface area contributed by atoms with E-state index in [0.29, 0.717) is 6.42 Å². The van der Waals surface area contributed by atoms with E-state index < -0.39 is 4.92 Å². The number of nitrogens with two attached hydrogens (primary N) is 1. The number of hydrogen-bond acceptors (Lipinski definition) is 5. The van der Waals surface area contributed by atoms with Crippen LogP contribution in [0.25, 0.3) is 0 Å². The number of hydrogen-bond donors (Lipinski definition) is 3. The summed E-state index contributed by atoms with van der Waals surface area (Å²) in [5.74, 6) is 0.233. The van der Waals surface area contributed by atoms with Crippen LogP contribution in [0.2, 0.25) is 0 Å². The summed E-state index contributed by atoms with van der Waals surface area (Å²) in [6, 6.07) is 6.54. The van der Waals surface area contributed by atoms with Crippen LogP contribution in [-0.2, 0) is 6.42 Å². The molecule has 0 aromatic heterocycles. The molecule has 0 aliphatic carbocycles. The number of amidine groups is 1. The van der Waals surface area contributed by atoms with Crippen molar-refractivity contribution in [1.29, 1.82) is 0 Å². The molecular weight excluding hydrogens is 248 g/mol. The van der Waals surface area contributed by atoms with Gasteiger partial charge in [0.05, 0.1) is 4.92 Å². The average molecular weight is 266 g/mol. The second-order valence-electron chi connectivity index (χ2n) is 4.12. The van der Waals surface area contributed by atoms with Gasteiger partial charge in [-0.2, -0.15) is 0 Å². The van der Waals surface area contributed by atoms with E-state index in [9.17, 15) is 10.1 Å². The fourth-order valence-electron chi connectivity index (χ4n) is 1.59. The number of rotatable bonds is 8. The van der Waals surface area contributed by atoms with Crippen molar-refractivity contribution < 1.29 is 10.1 Å². The van der Waals surface area contributed by atoms with E-state index >= 15 is 0 Å². The highest BCUT2D eigenvalue weighted by Crippen LogP contribution is 2.11. The van der Waals surface area contributed by atoms with E-state index in [0.717, 1.165) is 31.5 Å². The molecule has 4 N–H and O–H groups in total. The Kier molecular flexibility index (Phi) is 6.31. The average Bonchev–Trinajstić information content (AvgIpc) is 2.42. The first-order chi connectivity index (χ1) is 9.13. The van der Waals surface area contributed by atoms with Gasteiger partial charge in [0, 0.05) is 18.6 Å². The topological polar surface area (TPSA) is 114 Å². The Hall–Kier alpha value is -2.15. The van der Waals surface area contributed by atoms with Crippen molar-refractivity contribution in [2.45, 2.75) is 19.3 Å². The van der Waals surface area contributed by atoms with Gasteiger partial charge in [0.1, 0.15) is 5.84 Å².